The summed E-state index contributed by atoms with van der Waals surface area (Å²) in [5.41, 5.74) is 2.13. The van der Waals surface area contributed by atoms with Crippen LogP contribution in [0.15, 0.2) is 39.2 Å². The average molecular weight is 939 g/mol. The van der Waals surface area contributed by atoms with Gasteiger partial charge in [-0.05, 0) is 115 Å². The molecule has 0 saturated heterocycles. The molecular weight excluding hydrogens is 931 g/mol. The van der Waals surface area contributed by atoms with Crippen LogP contribution in [-0.4, -0.2) is 21.3 Å². The van der Waals surface area contributed by atoms with Gasteiger partial charge in [-0.25, -0.2) is 9.21 Å². The van der Waals surface area contributed by atoms with Crippen molar-refractivity contribution >= 4 is 134 Å². The topological polar surface area (TPSA) is 89.1 Å². The number of carboxylic acid groups (broad SMARTS) is 1. The molecule has 0 unspecified atom stereocenters. The van der Waals surface area contributed by atoms with Gasteiger partial charge in [-0.2, -0.15) is 0 Å². The van der Waals surface area contributed by atoms with E-state index in [2.05, 4.69) is 15.9 Å². The Kier molecular flexibility index (Phi) is 8.68. The first-order valence-electron chi connectivity index (χ1n) is 8.13. The largest absolute Gasteiger partial charge is 1.00 e. The summed E-state index contributed by atoms with van der Waals surface area (Å²) in [6, 6.07) is 8.58. The molecule has 0 aliphatic rings. The van der Waals surface area contributed by atoms with E-state index in [-0.39, 0.29) is 46.6 Å². The van der Waals surface area contributed by atoms with Crippen LogP contribution in [0.25, 0.3) is 33.1 Å². The van der Waals surface area contributed by atoms with E-state index in [1.807, 2.05) is 90.4 Å². The summed E-state index contributed by atoms with van der Waals surface area (Å²) in [7, 11) is 0. The van der Waals surface area contributed by atoms with Crippen molar-refractivity contribution in [3.63, 3.8) is 0 Å². The second-order valence-corrected chi connectivity index (χ2v) is 11.6. The Balaban J connectivity index is 0.00000272. The smallest absolute Gasteiger partial charge is 0.505 e. The van der Waals surface area contributed by atoms with E-state index in [1.165, 1.54) is 0 Å². The third-order valence-electron chi connectivity index (χ3n) is 4.54. The Morgan fingerprint density at radius 1 is 0.871 bits per heavy atom. The zero-order valence-corrected chi connectivity index (χ0v) is 27.7. The number of phenols is 2. The summed E-state index contributed by atoms with van der Waals surface area (Å²) >= 11 is 11.6. The second-order valence-electron chi connectivity index (χ2n) is 6.24. The quantitative estimate of drug-likeness (QED) is 0.116. The number of aromatic carboxylic acids is 1. The van der Waals surface area contributed by atoms with E-state index in [0.717, 1.165) is 0 Å². The molecule has 0 bridgehead atoms. The van der Waals surface area contributed by atoms with Gasteiger partial charge in [0, 0.05) is 15.6 Å². The first-order valence-corrected chi connectivity index (χ1v) is 13.2. The Morgan fingerprint density at radius 2 is 1.35 bits per heavy atom. The van der Waals surface area contributed by atoms with E-state index in [1.54, 1.807) is 30.3 Å². The minimum absolute atomic E-state index is 0. The monoisotopic (exact) mass is 938 g/mol. The van der Waals surface area contributed by atoms with Crippen molar-refractivity contribution in [1.29, 1.82) is 0 Å². The van der Waals surface area contributed by atoms with Crippen LogP contribution in [0, 0.1) is 14.3 Å². The number of benzene rings is 3. The number of carboxylic acids is 1. The summed E-state index contributed by atoms with van der Waals surface area (Å²) in [6.07, 6.45) is 0. The van der Waals surface area contributed by atoms with Crippen molar-refractivity contribution in [1.82, 2.24) is 0 Å². The average Bonchev–Trinajstić information content (AvgIpc) is 2.70. The van der Waals surface area contributed by atoms with E-state index < -0.39 is 5.97 Å². The van der Waals surface area contributed by atoms with Gasteiger partial charge in [0.2, 0.25) is 0 Å². The van der Waals surface area contributed by atoms with E-state index in [0.29, 0.717) is 51.8 Å². The van der Waals surface area contributed by atoms with Gasteiger partial charge in [-0.3, -0.25) is 0 Å². The molecule has 0 spiro atoms. The molecule has 11 heteroatoms. The van der Waals surface area contributed by atoms with E-state index >= 15 is 0 Å². The van der Waals surface area contributed by atoms with Crippen molar-refractivity contribution in [3.8, 4) is 22.6 Å². The number of rotatable bonds is 2. The molecule has 0 radical (unpaired) electrons. The SMILES string of the molecule is O=C(O)c1cccc(Br)c1-c1c2cc(I)c(O)c(I)c2[o+]c2c(I)c(O)c(I)cc12.[Na+]. The Bertz CT molecular complexity index is 1340. The third-order valence-corrected chi connectivity index (χ3v) is 8.84. The first-order chi connectivity index (χ1) is 14.1. The van der Waals surface area contributed by atoms with Gasteiger partial charge in [-0.15, -0.1) is 0 Å². The van der Waals surface area contributed by atoms with Crippen LogP contribution < -0.4 is 29.6 Å². The van der Waals surface area contributed by atoms with Gasteiger partial charge in [-0.1, -0.05) is 22.0 Å². The van der Waals surface area contributed by atoms with Gasteiger partial charge in [0.25, 0.3) is 0 Å². The van der Waals surface area contributed by atoms with Crippen molar-refractivity contribution < 1.29 is 54.1 Å². The molecule has 3 N–H and O–H groups in total. The van der Waals surface area contributed by atoms with Crippen LogP contribution >= 0.6 is 106 Å². The Labute approximate surface area is 261 Å². The van der Waals surface area contributed by atoms with Crippen LogP contribution in [0.4, 0.5) is 0 Å². The van der Waals surface area contributed by atoms with Crippen LogP contribution in [0.1, 0.15) is 10.4 Å². The third kappa shape index (κ3) is 4.57. The number of fused-ring (bicyclic) bond motifs is 2. The second kappa shape index (κ2) is 10.2. The molecule has 0 amide bonds. The molecule has 4 rings (SSSR count). The molecule has 0 aliphatic heterocycles. The van der Waals surface area contributed by atoms with Gasteiger partial charge in [0.1, 0.15) is 0 Å². The molecule has 0 fully saturated rings. The summed E-state index contributed by atoms with van der Waals surface area (Å²) in [6.45, 7) is 0. The minimum Gasteiger partial charge on any atom is -0.505 e. The van der Waals surface area contributed by atoms with Gasteiger partial charge in [0.15, 0.2) is 18.6 Å². The van der Waals surface area contributed by atoms with Crippen LogP contribution in [0.5, 0.6) is 11.5 Å². The van der Waals surface area contributed by atoms with Crippen LogP contribution in [-0.2, 0) is 0 Å². The zero-order chi connectivity index (χ0) is 21.9. The summed E-state index contributed by atoms with van der Waals surface area (Å²) in [5, 5.41) is 32.2. The number of hydrogen-bond donors (Lipinski definition) is 3. The predicted octanol–water partition coefficient (Wildman–Crippen LogP) is 4.83. The summed E-state index contributed by atoms with van der Waals surface area (Å²) < 4.78 is 9.05. The number of hydrogen-bond acceptors (Lipinski definition) is 3. The summed E-state index contributed by atoms with van der Waals surface area (Å²) in [5.74, 6) is -0.874. The fraction of sp³-hybridized carbons (Fsp3) is 0. The number of carbonyl (C=O) groups is 1. The number of phenolic OH excluding ortho intramolecular Hbond substituents is 2. The van der Waals surface area contributed by atoms with Crippen molar-refractivity contribution in [3.05, 3.63) is 54.6 Å². The van der Waals surface area contributed by atoms with E-state index in [4.69, 9.17) is 4.42 Å². The number of aromatic hydroxyl groups is 2. The van der Waals surface area contributed by atoms with Crippen LogP contribution in [0.3, 0.4) is 0 Å². The van der Waals surface area contributed by atoms with Gasteiger partial charge >= 0.3 is 46.7 Å². The van der Waals surface area contributed by atoms with Crippen LogP contribution in [0.2, 0.25) is 0 Å². The summed E-state index contributed by atoms with van der Waals surface area (Å²) in [4.78, 5) is 12.1. The predicted molar refractivity (Wildman–Crippen MR) is 152 cm³/mol. The van der Waals surface area contributed by atoms with Crippen molar-refractivity contribution in [2.75, 3.05) is 0 Å². The molecule has 4 aromatic rings. The molecule has 0 saturated carbocycles. The molecule has 0 aliphatic carbocycles. The molecule has 1 aromatic heterocycles. The number of halogens is 5. The fourth-order valence-corrected chi connectivity index (χ4v) is 7.37. The maximum atomic E-state index is 12.1. The molecule has 0 atom stereocenters. The van der Waals surface area contributed by atoms with Gasteiger partial charge < -0.3 is 15.3 Å². The Morgan fingerprint density at radius 3 is 1.81 bits per heavy atom. The standard InChI is InChI=1S/C20H7BrI4O5.Na/c21-9-3-1-2-6(20(28)29)13(9)12-7-4-10(22)16(26)14(24)18(7)30-19-8(12)5-11(23)17(27)15(19)25;/h1-5H,(H2-,26,27,28,29);/q;+1/p+1. The van der Waals surface area contributed by atoms with E-state index in [9.17, 15) is 20.1 Å². The molecule has 5 nitrogen and oxygen atoms in total. The first kappa shape index (κ1) is 26.4. The van der Waals surface area contributed by atoms with Crippen molar-refractivity contribution in [2.24, 2.45) is 0 Å². The Hall–Kier alpha value is 0.800. The zero-order valence-electron chi connectivity index (χ0n) is 15.4. The fourth-order valence-electron chi connectivity index (χ4n) is 3.23. The molecule has 31 heavy (non-hydrogen) atoms. The van der Waals surface area contributed by atoms with Crippen molar-refractivity contribution in [2.45, 2.75) is 0 Å². The molecule has 1 heterocycles. The maximum absolute atomic E-state index is 12.1. The molecular formula is C20H8BrI4NaO5+2. The normalized spacial score (nSPS) is 11.0. The van der Waals surface area contributed by atoms with Gasteiger partial charge in [0.05, 0.1) is 23.5 Å². The molecule has 3 aromatic carbocycles. The molecule has 152 valence electrons. The minimum atomic E-state index is -1.06. The maximum Gasteiger partial charge on any atom is 1.00 e.